The number of benzene rings is 1. The molecule has 6 heteroatoms. The van der Waals surface area contributed by atoms with Crippen LogP contribution in [0, 0.1) is 5.92 Å². The number of allylic oxidation sites excluding steroid dienone is 2. The molecule has 2 aromatic rings. The first-order valence-corrected chi connectivity index (χ1v) is 9.45. The summed E-state index contributed by atoms with van der Waals surface area (Å²) in [4.78, 5) is 14.9. The molecule has 28 heavy (non-hydrogen) atoms. The molecule has 3 rings (SSSR count). The van der Waals surface area contributed by atoms with Crippen molar-refractivity contribution in [3.05, 3.63) is 72.1 Å². The van der Waals surface area contributed by atoms with Gasteiger partial charge in [0.2, 0.25) is 0 Å². The highest BCUT2D eigenvalue weighted by atomic mass is 16.7. The molecule has 6 nitrogen and oxygen atoms in total. The average Bonchev–Trinajstić information content (AvgIpc) is 2.69. The number of pyridine rings is 1. The van der Waals surface area contributed by atoms with Crippen molar-refractivity contribution in [1.29, 1.82) is 0 Å². The minimum absolute atomic E-state index is 0.0226. The summed E-state index contributed by atoms with van der Waals surface area (Å²) >= 11 is 0. The minimum Gasteiger partial charge on any atom is -0.508 e. The fourth-order valence-electron chi connectivity index (χ4n) is 3.27. The van der Waals surface area contributed by atoms with Crippen molar-refractivity contribution < 1.29 is 24.5 Å². The molecule has 3 unspecified atom stereocenters. The number of para-hydroxylation sites is 1. The van der Waals surface area contributed by atoms with Crippen LogP contribution in [0.1, 0.15) is 36.6 Å². The summed E-state index contributed by atoms with van der Waals surface area (Å²) < 4.78 is 12.1. The number of ether oxygens (including phenoxy) is 2. The van der Waals surface area contributed by atoms with Gasteiger partial charge in [-0.15, -0.1) is 0 Å². The smallest absolute Gasteiger partial charge is 0.303 e. The first-order valence-electron chi connectivity index (χ1n) is 9.45. The second kappa shape index (κ2) is 10.0. The van der Waals surface area contributed by atoms with E-state index in [1.165, 1.54) is 0 Å². The van der Waals surface area contributed by atoms with Crippen molar-refractivity contribution in [2.24, 2.45) is 5.92 Å². The largest absolute Gasteiger partial charge is 0.508 e. The van der Waals surface area contributed by atoms with Gasteiger partial charge in [0, 0.05) is 36.2 Å². The fraction of sp³-hybridized carbons (Fsp3) is 0.364. The molecule has 3 atom stereocenters. The number of hydrogen-bond donors (Lipinski definition) is 2. The number of phenolic OH excluding ortho intramolecular Hbond substituents is 1. The number of aliphatic carboxylic acids is 1. The zero-order chi connectivity index (χ0) is 19.8. The number of aromatic nitrogens is 1. The lowest BCUT2D eigenvalue weighted by Crippen LogP contribution is -2.36. The van der Waals surface area contributed by atoms with Gasteiger partial charge in [-0.1, -0.05) is 36.4 Å². The third kappa shape index (κ3) is 5.65. The van der Waals surface area contributed by atoms with Crippen LogP contribution in [-0.4, -0.2) is 34.1 Å². The molecule has 0 saturated carbocycles. The quantitative estimate of drug-likeness (QED) is 0.673. The van der Waals surface area contributed by atoms with Crippen molar-refractivity contribution in [3.63, 3.8) is 0 Å². The number of aromatic hydroxyl groups is 1. The van der Waals surface area contributed by atoms with Gasteiger partial charge in [-0.3, -0.25) is 9.78 Å². The Bertz CT molecular complexity index is 793. The lowest BCUT2D eigenvalue weighted by molar-refractivity contribution is -0.238. The van der Waals surface area contributed by atoms with Crippen LogP contribution in [-0.2, 0) is 20.7 Å². The molecule has 1 saturated heterocycles. The molecule has 1 aromatic carbocycles. The van der Waals surface area contributed by atoms with Crippen LogP contribution in [0.15, 0.2) is 60.8 Å². The maximum Gasteiger partial charge on any atom is 0.303 e. The molecule has 0 aliphatic carbocycles. The minimum atomic E-state index is -0.807. The molecule has 1 aliphatic rings. The Labute approximate surface area is 164 Å². The Hall–Kier alpha value is -2.70. The summed E-state index contributed by atoms with van der Waals surface area (Å²) in [7, 11) is 0. The van der Waals surface area contributed by atoms with Crippen molar-refractivity contribution in [1.82, 2.24) is 4.98 Å². The summed E-state index contributed by atoms with van der Waals surface area (Å²) in [6, 6.07) is 12.9. The van der Waals surface area contributed by atoms with E-state index in [0.717, 1.165) is 11.3 Å². The highest BCUT2D eigenvalue weighted by Crippen LogP contribution is 2.39. The van der Waals surface area contributed by atoms with Gasteiger partial charge in [-0.2, -0.15) is 0 Å². The zero-order valence-electron chi connectivity index (χ0n) is 15.6. The van der Waals surface area contributed by atoms with Crippen molar-refractivity contribution in [2.75, 3.05) is 6.61 Å². The molecule has 2 N–H and O–H groups in total. The summed E-state index contributed by atoms with van der Waals surface area (Å²) in [6.45, 7) is 0.486. The number of carboxylic acid groups (broad SMARTS) is 1. The van der Waals surface area contributed by atoms with Gasteiger partial charge in [0.1, 0.15) is 5.75 Å². The van der Waals surface area contributed by atoms with Crippen LogP contribution < -0.4 is 0 Å². The molecule has 0 spiro atoms. The molecule has 0 bridgehead atoms. The van der Waals surface area contributed by atoms with Crippen LogP contribution in [0.25, 0.3) is 0 Å². The van der Waals surface area contributed by atoms with E-state index in [2.05, 4.69) is 4.98 Å². The molecule has 1 fully saturated rings. The van der Waals surface area contributed by atoms with E-state index in [1.54, 1.807) is 18.3 Å². The van der Waals surface area contributed by atoms with E-state index in [0.29, 0.717) is 25.9 Å². The van der Waals surface area contributed by atoms with E-state index in [1.807, 2.05) is 42.5 Å². The topological polar surface area (TPSA) is 88.9 Å². The van der Waals surface area contributed by atoms with Gasteiger partial charge in [0.05, 0.1) is 12.7 Å². The Morgan fingerprint density at radius 2 is 2.00 bits per heavy atom. The van der Waals surface area contributed by atoms with E-state index in [4.69, 9.17) is 14.6 Å². The molecule has 1 aliphatic heterocycles. The predicted molar refractivity (Wildman–Crippen MR) is 104 cm³/mol. The SMILES string of the molecule is O=C(O)CC/C=C\CC1COC(Cc2ccccn2)OC1c1ccccc1O. The Balaban J connectivity index is 1.69. The first-order chi connectivity index (χ1) is 13.6. The maximum atomic E-state index is 10.6. The molecular weight excluding hydrogens is 358 g/mol. The zero-order valence-corrected chi connectivity index (χ0v) is 15.6. The summed E-state index contributed by atoms with van der Waals surface area (Å²) in [5.74, 6) is -0.585. The second-order valence-corrected chi connectivity index (χ2v) is 6.80. The maximum absolute atomic E-state index is 10.6. The van der Waals surface area contributed by atoms with Crippen LogP contribution in [0.4, 0.5) is 0 Å². The van der Waals surface area contributed by atoms with E-state index < -0.39 is 12.3 Å². The van der Waals surface area contributed by atoms with Gasteiger partial charge < -0.3 is 19.7 Å². The van der Waals surface area contributed by atoms with Crippen LogP contribution in [0.3, 0.4) is 0 Å². The number of phenols is 1. The molecule has 148 valence electrons. The number of rotatable bonds is 8. The number of carboxylic acids is 1. The van der Waals surface area contributed by atoms with E-state index in [-0.39, 0.29) is 24.2 Å². The third-order valence-corrected chi connectivity index (χ3v) is 4.70. The lowest BCUT2D eigenvalue weighted by Gasteiger charge is -2.36. The van der Waals surface area contributed by atoms with Crippen molar-refractivity contribution >= 4 is 5.97 Å². The number of hydrogen-bond acceptors (Lipinski definition) is 5. The van der Waals surface area contributed by atoms with Gasteiger partial charge in [0.25, 0.3) is 0 Å². The first kappa shape index (κ1) is 20.0. The molecule has 0 amide bonds. The summed E-state index contributed by atoms with van der Waals surface area (Å²) in [5, 5.41) is 19.0. The molecule has 1 aromatic heterocycles. The Morgan fingerprint density at radius 1 is 1.18 bits per heavy atom. The Morgan fingerprint density at radius 3 is 2.75 bits per heavy atom. The van der Waals surface area contributed by atoms with Crippen molar-refractivity contribution in [2.45, 2.75) is 38.1 Å². The van der Waals surface area contributed by atoms with Crippen LogP contribution in [0.5, 0.6) is 5.75 Å². The highest BCUT2D eigenvalue weighted by Gasteiger charge is 2.34. The van der Waals surface area contributed by atoms with Gasteiger partial charge in [0.15, 0.2) is 6.29 Å². The average molecular weight is 383 g/mol. The van der Waals surface area contributed by atoms with Crippen LogP contribution >= 0.6 is 0 Å². The predicted octanol–water partition coefficient (Wildman–Crippen LogP) is 3.87. The van der Waals surface area contributed by atoms with E-state index >= 15 is 0 Å². The highest BCUT2D eigenvalue weighted by molar-refractivity contribution is 5.66. The van der Waals surface area contributed by atoms with Gasteiger partial charge in [-0.05, 0) is 31.0 Å². The van der Waals surface area contributed by atoms with Gasteiger partial charge in [-0.25, -0.2) is 0 Å². The number of carbonyl (C=O) groups is 1. The lowest BCUT2D eigenvalue weighted by atomic mass is 9.91. The number of nitrogens with zero attached hydrogens (tertiary/aromatic N) is 1. The molecule has 0 radical (unpaired) electrons. The van der Waals surface area contributed by atoms with Crippen molar-refractivity contribution in [3.8, 4) is 5.75 Å². The second-order valence-electron chi connectivity index (χ2n) is 6.80. The van der Waals surface area contributed by atoms with E-state index in [9.17, 15) is 9.90 Å². The monoisotopic (exact) mass is 383 g/mol. The van der Waals surface area contributed by atoms with Gasteiger partial charge >= 0.3 is 5.97 Å². The summed E-state index contributed by atoms with van der Waals surface area (Å²) in [5.41, 5.74) is 1.62. The third-order valence-electron chi connectivity index (χ3n) is 4.70. The molecular formula is C22H25NO5. The Kier molecular flexibility index (Phi) is 7.17. The normalized spacial score (nSPS) is 22.4. The summed E-state index contributed by atoms with van der Waals surface area (Å²) in [6.07, 6.45) is 6.64. The van der Waals surface area contributed by atoms with Crippen LogP contribution in [0.2, 0.25) is 0 Å². The standard InChI is InChI=1S/C22H25NO5/c24-19-11-5-4-10-18(19)22-16(8-2-1-3-12-20(25)26)15-27-21(28-22)14-17-9-6-7-13-23-17/h1-2,4-7,9-11,13,16,21-22,24H,3,8,12,14-15H2,(H,25,26)/b2-1-. The fourth-order valence-corrected chi connectivity index (χ4v) is 3.27. The molecule has 2 heterocycles.